The lowest BCUT2D eigenvalue weighted by Gasteiger charge is -2.24. The molecule has 1 aliphatic carbocycles. The standard InChI is InChI=1S/C28H31N3O2/c1-28(2,3)22-13-15-23(16-14-22)29-27(32)30-25-11-7-8-12-26(25)31-17-18-33-24(20-31)19-21-9-5-4-6-10-21/h4-5,7-9,11-18,20H,6,10,19H2,1-3H3,(H2,29,30,32). The van der Waals surface area contributed by atoms with Crippen LogP contribution in [-0.4, -0.2) is 6.03 Å². The van der Waals surface area contributed by atoms with Crippen LogP contribution in [0.2, 0.25) is 0 Å². The molecule has 1 heterocycles. The van der Waals surface area contributed by atoms with Crippen molar-refractivity contribution in [2.75, 3.05) is 15.5 Å². The molecule has 2 N–H and O–H groups in total. The zero-order chi connectivity index (χ0) is 23.3. The fourth-order valence-corrected chi connectivity index (χ4v) is 3.82. The molecule has 0 spiro atoms. The topological polar surface area (TPSA) is 53.6 Å². The van der Waals surface area contributed by atoms with Crippen LogP contribution in [0.5, 0.6) is 0 Å². The normalized spacial score (nSPS) is 15.4. The third-order valence-electron chi connectivity index (χ3n) is 5.66. The summed E-state index contributed by atoms with van der Waals surface area (Å²) >= 11 is 0. The Hall–Kier alpha value is -3.73. The Kier molecular flexibility index (Phi) is 6.68. The van der Waals surface area contributed by atoms with Crippen molar-refractivity contribution < 1.29 is 9.53 Å². The van der Waals surface area contributed by atoms with Gasteiger partial charge in [0, 0.05) is 24.5 Å². The Morgan fingerprint density at radius 1 is 1.06 bits per heavy atom. The van der Waals surface area contributed by atoms with E-state index in [9.17, 15) is 4.79 Å². The maximum Gasteiger partial charge on any atom is 0.323 e. The Labute approximate surface area is 196 Å². The molecule has 2 aromatic rings. The van der Waals surface area contributed by atoms with Gasteiger partial charge in [0.2, 0.25) is 0 Å². The second-order valence-corrected chi connectivity index (χ2v) is 9.30. The molecule has 2 aliphatic rings. The summed E-state index contributed by atoms with van der Waals surface area (Å²) in [5.41, 5.74) is 4.97. The third-order valence-corrected chi connectivity index (χ3v) is 5.66. The van der Waals surface area contributed by atoms with Crippen LogP contribution in [0.1, 0.15) is 45.6 Å². The van der Waals surface area contributed by atoms with Crippen LogP contribution < -0.4 is 15.5 Å². The zero-order valence-electron chi connectivity index (χ0n) is 19.5. The summed E-state index contributed by atoms with van der Waals surface area (Å²) in [5.74, 6) is 0.872. The number of nitrogens with one attached hydrogen (secondary N) is 2. The first-order chi connectivity index (χ1) is 15.9. The van der Waals surface area contributed by atoms with Gasteiger partial charge in [-0.25, -0.2) is 4.79 Å². The SMILES string of the molecule is CC(C)(C)c1ccc(NC(=O)Nc2ccccc2N2C=COC(CC3=CC=CCC3)=C2)cc1. The number of urea groups is 1. The van der Waals surface area contributed by atoms with Gasteiger partial charge >= 0.3 is 6.03 Å². The van der Waals surface area contributed by atoms with Gasteiger partial charge < -0.3 is 20.3 Å². The molecule has 170 valence electrons. The lowest BCUT2D eigenvalue weighted by atomic mass is 9.87. The average Bonchev–Trinajstić information content (AvgIpc) is 2.80. The van der Waals surface area contributed by atoms with Gasteiger partial charge in [0.25, 0.3) is 0 Å². The van der Waals surface area contributed by atoms with Crippen LogP contribution in [0.3, 0.4) is 0 Å². The number of hydrogen-bond donors (Lipinski definition) is 2. The summed E-state index contributed by atoms with van der Waals surface area (Å²) < 4.78 is 5.74. The van der Waals surface area contributed by atoms with Gasteiger partial charge in [0.15, 0.2) is 0 Å². The quantitative estimate of drug-likeness (QED) is 0.507. The summed E-state index contributed by atoms with van der Waals surface area (Å²) in [5, 5.41) is 5.90. The van der Waals surface area contributed by atoms with E-state index in [2.05, 4.69) is 49.6 Å². The molecule has 5 nitrogen and oxygen atoms in total. The number of allylic oxidation sites excluding steroid dienone is 4. The minimum absolute atomic E-state index is 0.0714. The van der Waals surface area contributed by atoms with Crippen molar-refractivity contribution in [3.63, 3.8) is 0 Å². The minimum atomic E-state index is -0.286. The van der Waals surface area contributed by atoms with Gasteiger partial charge in [-0.1, -0.05) is 68.8 Å². The Morgan fingerprint density at radius 2 is 1.85 bits per heavy atom. The molecule has 0 saturated carbocycles. The van der Waals surface area contributed by atoms with Gasteiger partial charge in [-0.15, -0.1) is 0 Å². The number of amides is 2. The number of anilines is 3. The van der Waals surface area contributed by atoms with Crippen molar-refractivity contribution in [3.8, 4) is 0 Å². The van der Waals surface area contributed by atoms with Crippen molar-refractivity contribution in [1.82, 2.24) is 0 Å². The Balaban J connectivity index is 1.45. The largest absolute Gasteiger partial charge is 0.466 e. The molecule has 2 amide bonds. The predicted octanol–water partition coefficient (Wildman–Crippen LogP) is 7.44. The molecule has 0 atom stereocenters. The van der Waals surface area contributed by atoms with Crippen molar-refractivity contribution in [2.45, 2.75) is 45.4 Å². The van der Waals surface area contributed by atoms with Crippen LogP contribution >= 0.6 is 0 Å². The van der Waals surface area contributed by atoms with E-state index >= 15 is 0 Å². The first-order valence-electron chi connectivity index (χ1n) is 11.3. The van der Waals surface area contributed by atoms with E-state index in [1.165, 1.54) is 11.1 Å². The number of rotatable bonds is 5. The fourth-order valence-electron chi connectivity index (χ4n) is 3.82. The van der Waals surface area contributed by atoms with Crippen LogP contribution in [0.15, 0.2) is 96.8 Å². The lowest BCUT2D eigenvalue weighted by Crippen LogP contribution is -2.22. The summed E-state index contributed by atoms with van der Waals surface area (Å²) in [6.45, 7) is 6.51. The van der Waals surface area contributed by atoms with E-state index in [0.29, 0.717) is 5.69 Å². The van der Waals surface area contributed by atoms with E-state index in [-0.39, 0.29) is 11.4 Å². The molecule has 0 fully saturated rings. The summed E-state index contributed by atoms with van der Waals surface area (Å²) in [7, 11) is 0. The maximum atomic E-state index is 12.7. The van der Waals surface area contributed by atoms with Crippen LogP contribution in [0, 0.1) is 0 Å². The highest BCUT2D eigenvalue weighted by Crippen LogP contribution is 2.31. The molecule has 33 heavy (non-hydrogen) atoms. The number of benzene rings is 2. The zero-order valence-corrected chi connectivity index (χ0v) is 19.5. The number of hydrogen-bond acceptors (Lipinski definition) is 3. The van der Waals surface area contributed by atoms with Crippen molar-refractivity contribution >= 4 is 23.1 Å². The maximum absolute atomic E-state index is 12.7. The molecule has 4 rings (SSSR count). The van der Waals surface area contributed by atoms with Crippen molar-refractivity contribution in [3.05, 3.63) is 102 Å². The van der Waals surface area contributed by atoms with Crippen LogP contribution in [-0.2, 0) is 10.2 Å². The minimum Gasteiger partial charge on any atom is -0.466 e. The summed E-state index contributed by atoms with van der Waals surface area (Å²) in [6.07, 6.45) is 14.8. The molecular formula is C28H31N3O2. The Bertz CT molecular complexity index is 1120. The third kappa shape index (κ3) is 5.95. The molecule has 0 bridgehead atoms. The first kappa shape index (κ1) is 22.5. The van der Waals surface area contributed by atoms with E-state index in [4.69, 9.17) is 4.74 Å². The van der Waals surface area contributed by atoms with Crippen LogP contribution in [0.4, 0.5) is 21.9 Å². The van der Waals surface area contributed by atoms with Gasteiger partial charge in [-0.3, -0.25) is 0 Å². The lowest BCUT2D eigenvalue weighted by molar-refractivity contribution is 0.262. The fraction of sp³-hybridized carbons (Fsp3) is 0.250. The molecular weight excluding hydrogens is 410 g/mol. The second kappa shape index (κ2) is 9.82. The molecule has 1 aliphatic heterocycles. The average molecular weight is 442 g/mol. The molecule has 0 aromatic heterocycles. The number of nitrogens with zero attached hydrogens (tertiary/aromatic N) is 1. The van der Waals surface area contributed by atoms with Crippen molar-refractivity contribution in [2.24, 2.45) is 0 Å². The van der Waals surface area contributed by atoms with Crippen LogP contribution in [0.25, 0.3) is 0 Å². The Morgan fingerprint density at radius 3 is 2.58 bits per heavy atom. The molecule has 2 aromatic carbocycles. The monoisotopic (exact) mass is 441 g/mol. The first-order valence-corrected chi connectivity index (χ1v) is 11.3. The van der Waals surface area contributed by atoms with E-state index in [0.717, 1.165) is 36.4 Å². The highest BCUT2D eigenvalue weighted by molar-refractivity contribution is 6.02. The second-order valence-electron chi connectivity index (χ2n) is 9.30. The highest BCUT2D eigenvalue weighted by Gasteiger charge is 2.16. The van der Waals surface area contributed by atoms with Crippen molar-refractivity contribution in [1.29, 1.82) is 0 Å². The predicted molar refractivity (Wildman–Crippen MR) is 136 cm³/mol. The van der Waals surface area contributed by atoms with E-state index < -0.39 is 0 Å². The number of carbonyl (C=O) groups is 1. The van der Waals surface area contributed by atoms with E-state index in [1.807, 2.05) is 65.8 Å². The smallest absolute Gasteiger partial charge is 0.323 e. The molecule has 0 radical (unpaired) electrons. The van der Waals surface area contributed by atoms with Gasteiger partial charge in [-0.2, -0.15) is 0 Å². The summed E-state index contributed by atoms with van der Waals surface area (Å²) in [4.78, 5) is 14.7. The number of para-hydroxylation sites is 2. The van der Waals surface area contributed by atoms with Gasteiger partial charge in [0.05, 0.1) is 11.4 Å². The summed E-state index contributed by atoms with van der Waals surface area (Å²) in [6, 6.07) is 15.4. The number of ether oxygens (including phenoxy) is 1. The van der Waals surface area contributed by atoms with Gasteiger partial charge in [0.1, 0.15) is 12.0 Å². The molecule has 5 heteroatoms. The molecule has 0 saturated heterocycles. The van der Waals surface area contributed by atoms with Gasteiger partial charge in [-0.05, 0) is 48.1 Å². The highest BCUT2D eigenvalue weighted by atomic mass is 16.5. The van der Waals surface area contributed by atoms with E-state index in [1.54, 1.807) is 6.26 Å². The number of carbonyl (C=O) groups excluding carboxylic acids is 1. The molecule has 0 unspecified atom stereocenters.